The molecule has 0 bridgehead atoms. The number of ether oxygens (including phenoxy) is 1. The second-order valence-corrected chi connectivity index (χ2v) is 7.82. The van der Waals surface area contributed by atoms with E-state index in [1.54, 1.807) is 0 Å². The van der Waals surface area contributed by atoms with Crippen LogP contribution in [0.25, 0.3) is 6.08 Å². The minimum Gasteiger partial charge on any atom is -0.466 e. The summed E-state index contributed by atoms with van der Waals surface area (Å²) in [6.45, 7) is 3.57. The highest BCUT2D eigenvalue weighted by Gasteiger charge is 2.32. The molecule has 0 N–H and O–H groups in total. The maximum Gasteiger partial charge on any atom is 0.310 e. The van der Waals surface area contributed by atoms with Gasteiger partial charge < -0.3 is 9.64 Å². The van der Waals surface area contributed by atoms with Crippen molar-refractivity contribution in [1.82, 2.24) is 4.90 Å². The highest BCUT2D eigenvalue weighted by molar-refractivity contribution is 9.10. The molecule has 2 aliphatic heterocycles. The highest BCUT2D eigenvalue weighted by Crippen LogP contribution is 2.32. The van der Waals surface area contributed by atoms with Crippen LogP contribution < -0.4 is 0 Å². The molecule has 1 amide bonds. The lowest BCUT2D eigenvalue weighted by atomic mass is 9.99. The largest absolute Gasteiger partial charge is 0.466 e. The van der Waals surface area contributed by atoms with E-state index in [0.717, 1.165) is 29.4 Å². The van der Waals surface area contributed by atoms with Gasteiger partial charge in [0.2, 0.25) is 0 Å². The Morgan fingerprint density at radius 2 is 2.20 bits per heavy atom. The fourth-order valence-electron chi connectivity index (χ4n) is 2.85. The number of rotatable bonds is 3. The first-order chi connectivity index (χ1) is 12.1. The smallest absolute Gasteiger partial charge is 0.310 e. The number of amides is 1. The fourth-order valence-corrected chi connectivity index (χ4v) is 4.06. The van der Waals surface area contributed by atoms with Gasteiger partial charge in [0.15, 0.2) is 5.17 Å². The first-order valence-corrected chi connectivity index (χ1v) is 9.87. The number of esters is 1. The zero-order valence-electron chi connectivity index (χ0n) is 13.9. The zero-order valence-corrected chi connectivity index (χ0v) is 16.3. The Hall–Kier alpha value is -1.60. The standard InChI is InChI=1S/C18H19BrN2O3S/c1-2-24-17(23)13-4-3-9-21(11-13)18-20-16(22)15(25-18)10-12-5-7-14(19)8-6-12/h5-8,10,13H,2-4,9,11H2,1H3/b15-10-/t13-/m1/s1. The van der Waals surface area contributed by atoms with E-state index in [0.29, 0.717) is 23.2 Å². The third-order valence-corrected chi connectivity index (χ3v) is 5.66. The van der Waals surface area contributed by atoms with Crippen molar-refractivity contribution in [2.24, 2.45) is 10.9 Å². The molecule has 5 nitrogen and oxygen atoms in total. The van der Waals surface area contributed by atoms with Crippen molar-refractivity contribution in [2.45, 2.75) is 19.8 Å². The number of piperidine rings is 1. The summed E-state index contributed by atoms with van der Waals surface area (Å²) in [4.78, 5) is 31.0. The van der Waals surface area contributed by atoms with Crippen molar-refractivity contribution in [3.05, 3.63) is 39.2 Å². The SMILES string of the molecule is CCOC(=O)[C@@H]1CCCN(C2=NC(=O)/C(=C/c3ccc(Br)cc3)S2)C1. The highest BCUT2D eigenvalue weighted by atomic mass is 79.9. The van der Waals surface area contributed by atoms with Gasteiger partial charge in [-0.1, -0.05) is 28.1 Å². The van der Waals surface area contributed by atoms with Crippen molar-refractivity contribution < 1.29 is 14.3 Å². The molecule has 1 aromatic carbocycles. The quantitative estimate of drug-likeness (QED) is 0.548. The molecule has 2 aliphatic rings. The summed E-state index contributed by atoms with van der Waals surface area (Å²) in [5.41, 5.74) is 0.957. The van der Waals surface area contributed by atoms with Gasteiger partial charge in [-0.15, -0.1) is 0 Å². The summed E-state index contributed by atoms with van der Waals surface area (Å²) in [5.74, 6) is -0.527. The third-order valence-electron chi connectivity index (χ3n) is 4.09. The van der Waals surface area contributed by atoms with Gasteiger partial charge in [-0.05, 0) is 55.3 Å². The number of benzene rings is 1. The second kappa shape index (κ2) is 8.19. The fraction of sp³-hybridized carbons (Fsp3) is 0.389. The lowest BCUT2D eigenvalue weighted by Crippen LogP contribution is -2.41. The van der Waals surface area contributed by atoms with Gasteiger partial charge in [-0.2, -0.15) is 4.99 Å². The van der Waals surface area contributed by atoms with Crippen LogP contribution in [-0.2, 0) is 14.3 Å². The van der Waals surface area contributed by atoms with Gasteiger partial charge in [-0.25, -0.2) is 0 Å². The Kier molecular flexibility index (Phi) is 5.96. The summed E-state index contributed by atoms with van der Waals surface area (Å²) < 4.78 is 6.12. The van der Waals surface area contributed by atoms with Crippen LogP contribution in [0, 0.1) is 5.92 Å². The van der Waals surface area contributed by atoms with Crippen molar-refractivity contribution in [3.63, 3.8) is 0 Å². The van der Waals surface area contributed by atoms with Crippen LogP contribution in [-0.4, -0.2) is 41.6 Å². The number of carbonyl (C=O) groups is 2. The summed E-state index contributed by atoms with van der Waals surface area (Å²) in [6.07, 6.45) is 3.56. The average molecular weight is 423 g/mol. The lowest BCUT2D eigenvalue weighted by molar-refractivity contribution is -0.149. The van der Waals surface area contributed by atoms with E-state index < -0.39 is 0 Å². The van der Waals surface area contributed by atoms with Crippen molar-refractivity contribution in [2.75, 3.05) is 19.7 Å². The van der Waals surface area contributed by atoms with E-state index >= 15 is 0 Å². The second-order valence-electron chi connectivity index (χ2n) is 5.90. The third kappa shape index (κ3) is 4.52. The van der Waals surface area contributed by atoms with Gasteiger partial charge in [0.25, 0.3) is 5.91 Å². The molecule has 0 radical (unpaired) electrons. The molecule has 1 fully saturated rings. The Bertz CT molecular complexity index is 730. The van der Waals surface area contributed by atoms with E-state index in [2.05, 4.69) is 20.9 Å². The van der Waals surface area contributed by atoms with Crippen LogP contribution in [0.15, 0.2) is 38.6 Å². The van der Waals surface area contributed by atoms with Crippen LogP contribution in [0.2, 0.25) is 0 Å². The minimum atomic E-state index is -0.221. The van der Waals surface area contributed by atoms with Crippen LogP contribution in [0.1, 0.15) is 25.3 Å². The lowest BCUT2D eigenvalue weighted by Gasteiger charge is -2.32. The molecule has 0 aromatic heterocycles. The molecule has 25 heavy (non-hydrogen) atoms. The monoisotopic (exact) mass is 422 g/mol. The molecule has 1 atom stereocenters. The van der Waals surface area contributed by atoms with Crippen molar-refractivity contribution in [3.8, 4) is 0 Å². The summed E-state index contributed by atoms with van der Waals surface area (Å²) >= 11 is 4.78. The average Bonchev–Trinajstić information content (AvgIpc) is 2.98. The summed E-state index contributed by atoms with van der Waals surface area (Å²) in [5, 5.41) is 0.683. The van der Waals surface area contributed by atoms with E-state index in [4.69, 9.17) is 4.74 Å². The molecule has 3 rings (SSSR count). The molecule has 7 heteroatoms. The maximum absolute atomic E-state index is 12.2. The predicted molar refractivity (Wildman–Crippen MR) is 103 cm³/mol. The molecule has 0 saturated carbocycles. The van der Waals surface area contributed by atoms with E-state index in [9.17, 15) is 9.59 Å². The molecule has 132 valence electrons. The number of carbonyl (C=O) groups excluding carboxylic acids is 2. The minimum absolute atomic E-state index is 0.147. The topological polar surface area (TPSA) is 59.0 Å². The number of likely N-dealkylation sites (tertiary alicyclic amines) is 1. The van der Waals surface area contributed by atoms with Crippen LogP contribution in [0.4, 0.5) is 0 Å². The predicted octanol–water partition coefficient (Wildman–Crippen LogP) is 3.69. The molecule has 0 aliphatic carbocycles. The number of aliphatic imine (C=N–C) groups is 1. The van der Waals surface area contributed by atoms with Crippen molar-refractivity contribution in [1.29, 1.82) is 0 Å². The van der Waals surface area contributed by atoms with Crippen LogP contribution in [0.3, 0.4) is 0 Å². The number of thioether (sulfide) groups is 1. The number of amidine groups is 1. The van der Waals surface area contributed by atoms with Crippen LogP contribution in [0.5, 0.6) is 0 Å². The normalized spacial score (nSPS) is 22.2. The maximum atomic E-state index is 12.2. The van der Waals surface area contributed by atoms with Crippen molar-refractivity contribution >= 4 is 50.8 Å². The van der Waals surface area contributed by atoms with Gasteiger partial charge in [0.1, 0.15) is 0 Å². The van der Waals surface area contributed by atoms with Crippen LogP contribution >= 0.6 is 27.7 Å². The van der Waals surface area contributed by atoms with Gasteiger partial charge in [0, 0.05) is 17.6 Å². The number of nitrogens with zero attached hydrogens (tertiary/aromatic N) is 2. The van der Waals surface area contributed by atoms with Gasteiger partial charge >= 0.3 is 5.97 Å². The van der Waals surface area contributed by atoms with Gasteiger partial charge in [0.05, 0.1) is 17.4 Å². The van der Waals surface area contributed by atoms with E-state index in [-0.39, 0.29) is 17.8 Å². The summed E-state index contributed by atoms with van der Waals surface area (Å²) in [6, 6.07) is 7.76. The first-order valence-electron chi connectivity index (χ1n) is 8.26. The number of hydrogen-bond acceptors (Lipinski definition) is 5. The molecule has 0 spiro atoms. The molecule has 2 heterocycles. The summed E-state index contributed by atoms with van der Waals surface area (Å²) in [7, 11) is 0. The number of hydrogen-bond donors (Lipinski definition) is 0. The van der Waals surface area contributed by atoms with E-state index in [1.807, 2.05) is 42.2 Å². The molecule has 1 saturated heterocycles. The Labute approximate surface area is 159 Å². The Morgan fingerprint density at radius 1 is 1.44 bits per heavy atom. The molecule has 1 aromatic rings. The Balaban J connectivity index is 1.68. The zero-order chi connectivity index (χ0) is 17.8. The first kappa shape index (κ1) is 18.2. The molecular formula is C18H19BrN2O3S. The van der Waals surface area contributed by atoms with Gasteiger partial charge in [-0.3, -0.25) is 9.59 Å². The Morgan fingerprint density at radius 3 is 2.92 bits per heavy atom. The van der Waals surface area contributed by atoms with E-state index in [1.165, 1.54) is 11.8 Å². The molecule has 0 unspecified atom stereocenters. The molecular weight excluding hydrogens is 404 g/mol. The number of halogens is 1.